The lowest BCUT2D eigenvalue weighted by molar-refractivity contribution is -0.130. The fourth-order valence-corrected chi connectivity index (χ4v) is 3.87. The van der Waals surface area contributed by atoms with E-state index in [2.05, 4.69) is 33.0 Å². The van der Waals surface area contributed by atoms with Gasteiger partial charge in [0.15, 0.2) is 0 Å². The lowest BCUT2D eigenvalue weighted by atomic mass is 10.0. The average Bonchev–Trinajstić information content (AvgIpc) is 2.95. The van der Waals surface area contributed by atoms with Gasteiger partial charge in [-0.05, 0) is 53.1 Å². The molecule has 0 aliphatic carbocycles. The minimum Gasteiger partial charge on any atom is -0.324 e. The molecule has 2 saturated heterocycles. The third kappa shape index (κ3) is 3.71. The second kappa shape index (κ2) is 6.78. The summed E-state index contributed by atoms with van der Waals surface area (Å²) in [5, 5.41) is 7.33. The summed E-state index contributed by atoms with van der Waals surface area (Å²) in [5.74, 6) is -0.135. The fourth-order valence-electron chi connectivity index (χ4n) is 3.87. The van der Waals surface area contributed by atoms with Crippen molar-refractivity contribution in [2.24, 2.45) is 0 Å². The van der Waals surface area contributed by atoms with Crippen LogP contribution in [-0.4, -0.2) is 62.7 Å². The Balaban J connectivity index is 1.63. The zero-order valence-electron chi connectivity index (χ0n) is 15.7. The van der Waals surface area contributed by atoms with Gasteiger partial charge in [0, 0.05) is 24.8 Å². The summed E-state index contributed by atoms with van der Waals surface area (Å²) in [4.78, 5) is 28.2. The van der Waals surface area contributed by atoms with Crippen molar-refractivity contribution in [3.05, 3.63) is 17.5 Å². The number of carbonyl (C=O) groups is 2. The summed E-state index contributed by atoms with van der Waals surface area (Å²) in [6.45, 7) is 10.6. The number of aromatic nitrogens is 2. The summed E-state index contributed by atoms with van der Waals surface area (Å²) in [5.41, 5.74) is 1.43. The summed E-state index contributed by atoms with van der Waals surface area (Å²) in [6.07, 6.45) is 3.51. The number of piperidine rings is 1. The normalized spacial score (nSPS) is 24.0. The SMILES string of the molecule is Cc1cc(C)n(CC2CCCCN2CCN2C(=O)NC(C)(C)C2=O)n1. The Morgan fingerprint density at radius 2 is 2.00 bits per heavy atom. The van der Waals surface area contributed by atoms with Crippen LogP contribution in [0.4, 0.5) is 4.79 Å². The maximum absolute atomic E-state index is 12.3. The monoisotopic (exact) mass is 347 g/mol. The molecule has 3 heterocycles. The van der Waals surface area contributed by atoms with E-state index in [0.717, 1.165) is 31.7 Å². The number of likely N-dealkylation sites (tertiary alicyclic amines) is 1. The molecule has 1 atom stereocenters. The second-order valence-corrected chi connectivity index (χ2v) is 7.81. The molecule has 0 bridgehead atoms. The van der Waals surface area contributed by atoms with Gasteiger partial charge in [0.25, 0.3) is 5.91 Å². The first-order valence-electron chi connectivity index (χ1n) is 9.17. The number of imide groups is 1. The lowest BCUT2D eigenvalue weighted by Gasteiger charge is -2.36. The molecular formula is C18H29N5O2. The molecule has 0 saturated carbocycles. The molecule has 3 rings (SSSR count). The van der Waals surface area contributed by atoms with E-state index in [4.69, 9.17) is 0 Å². The number of carbonyl (C=O) groups excluding carboxylic acids is 2. The van der Waals surface area contributed by atoms with Gasteiger partial charge in [-0.25, -0.2) is 4.79 Å². The van der Waals surface area contributed by atoms with Gasteiger partial charge in [0.05, 0.1) is 12.2 Å². The van der Waals surface area contributed by atoms with E-state index in [0.29, 0.717) is 12.6 Å². The Hall–Kier alpha value is -1.89. The summed E-state index contributed by atoms with van der Waals surface area (Å²) in [7, 11) is 0. The van der Waals surface area contributed by atoms with Crippen LogP contribution >= 0.6 is 0 Å². The lowest BCUT2D eigenvalue weighted by Crippen LogP contribution is -2.47. The molecule has 0 aromatic carbocycles. The zero-order valence-corrected chi connectivity index (χ0v) is 15.7. The topological polar surface area (TPSA) is 70.5 Å². The van der Waals surface area contributed by atoms with Crippen LogP contribution in [0.5, 0.6) is 0 Å². The molecular weight excluding hydrogens is 318 g/mol. The van der Waals surface area contributed by atoms with E-state index in [1.54, 1.807) is 13.8 Å². The van der Waals surface area contributed by atoms with Crippen LogP contribution in [0.3, 0.4) is 0 Å². The molecule has 1 aromatic rings. The first-order chi connectivity index (χ1) is 11.8. The summed E-state index contributed by atoms with van der Waals surface area (Å²) >= 11 is 0. The first-order valence-corrected chi connectivity index (χ1v) is 9.17. The molecule has 138 valence electrons. The summed E-state index contributed by atoms with van der Waals surface area (Å²) < 4.78 is 2.08. The number of hydrogen-bond acceptors (Lipinski definition) is 4. The van der Waals surface area contributed by atoms with Crippen molar-refractivity contribution in [3.63, 3.8) is 0 Å². The highest BCUT2D eigenvalue weighted by atomic mass is 16.2. The van der Waals surface area contributed by atoms with Crippen molar-refractivity contribution in [3.8, 4) is 0 Å². The van der Waals surface area contributed by atoms with Crippen molar-refractivity contribution < 1.29 is 9.59 Å². The summed E-state index contributed by atoms with van der Waals surface area (Å²) in [6, 6.07) is 2.23. The minimum absolute atomic E-state index is 0.135. The quantitative estimate of drug-likeness (QED) is 0.823. The van der Waals surface area contributed by atoms with E-state index in [9.17, 15) is 9.59 Å². The molecule has 2 aliphatic heterocycles. The van der Waals surface area contributed by atoms with Crippen LogP contribution in [0.15, 0.2) is 6.07 Å². The minimum atomic E-state index is -0.790. The number of nitrogens with one attached hydrogen (secondary N) is 1. The van der Waals surface area contributed by atoms with Gasteiger partial charge in [-0.1, -0.05) is 6.42 Å². The molecule has 1 aromatic heterocycles. The van der Waals surface area contributed by atoms with E-state index < -0.39 is 5.54 Å². The second-order valence-electron chi connectivity index (χ2n) is 7.81. The Kier molecular flexibility index (Phi) is 4.86. The molecule has 2 fully saturated rings. The molecule has 2 aliphatic rings. The van der Waals surface area contributed by atoms with Gasteiger partial charge < -0.3 is 5.32 Å². The number of urea groups is 1. The predicted octanol–water partition coefficient (Wildman–Crippen LogP) is 1.68. The van der Waals surface area contributed by atoms with Crippen molar-refractivity contribution in [1.82, 2.24) is 24.9 Å². The van der Waals surface area contributed by atoms with Crippen molar-refractivity contribution in [2.75, 3.05) is 19.6 Å². The molecule has 0 radical (unpaired) electrons. The van der Waals surface area contributed by atoms with Crippen LogP contribution in [0.2, 0.25) is 0 Å². The van der Waals surface area contributed by atoms with Crippen molar-refractivity contribution >= 4 is 11.9 Å². The molecule has 3 amide bonds. The highest BCUT2D eigenvalue weighted by Crippen LogP contribution is 2.21. The van der Waals surface area contributed by atoms with Crippen LogP contribution in [0.1, 0.15) is 44.5 Å². The number of rotatable bonds is 5. The predicted molar refractivity (Wildman–Crippen MR) is 95.2 cm³/mol. The number of nitrogens with zero attached hydrogens (tertiary/aromatic N) is 4. The molecule has 25 heavy (non-hydrogen) atoms. The third-order valence-electron chi connectivity index (χ3n) is 5.29. The number of hydrogen-bond donors (Lipinski definition) is 1. The van der Waals surface area contributed by atoms with Crippen LogP contribution in [-0.2, 0) is 11.3 Å². The Bertz CT molecular complexity index is 666. The Morgan fingerprint density at radius 3 is 2.60 bits per heavy atom. The van der Waals surface area contributed by atoms with Gasteiger partial charge in [-0.3, -0.25) is 19.3 Å². The third-order valence-corrected chi connectivity index (χ3v) is 5.29. The molecule has 0 spiro atoms. The Labute approximate surface area is 149 Å². The van der Waals surface area contributed by atoms with Crippen LogP contribution in [0, 0.1) is 13.8 Å². The van der Waals surface area contributed by atoms with E-state index in [1.807, 2.05) is 6.92 Å². The van der Waals surface area contributed by atoms with Gasteiger partial charge in [0.2, 0.25) is 0 Å². The molecule has 7 nitrogen and oxygen atoms in total. The van der Waals surface area contributed by atoms with Crippen LogP contribution < -0.4 is 5.32 Å². The van der Waals surface area contributed by atoms with E-state index >= 15 is 0 Å². The fraction of sp³-hybridized carbons (Fsp3) is 0.722. The van der Waals surface area contributed by atoms with Crippen molar-refractivity contribution in [1.29, 1.82) is 0 Å². The van der Waals surface area contributed by atoms with Crippen molar-refractivity contribution in [2.45, 2.75) is 65.1 Å². The maximum atomic E-state index is 12.3. The maximum Gasteiger partial charge on any atom is 0.325 e. The number of amides is 3. The van der Waals surface area contributed by atoms with Gasteiger partial charge in [-0.15, -0.1) is 0 Å². The first kappa shape index (κ1) is 17.9. The highest BCUT2D eigenvalue weighted by Gasteiger charge is 2.44. The molecule has 7 heteroatoms. The van der Waals surface area contributed by atoms with E-state index in [1.165, 1.54) is 23.4 Å². The van der Waals surface area contributed by atoms with Gasteiger partial charge in [0.1, 0.15) is 5.54 Å². The van der Waals surface area contributed by atoms with Crippen LogP contribution in [0.25, 0.3) is 0 Å². The smallest absolute Gasteiger partial charge is 0.324 e. The van der Waals surface area contributed by atoms with Gasteiger partial charge >= 0.3 is 6.03 Å². The standard InChI is InChI=1S/C18H29N5O2/c1-13-11-14(2)23(20-13)12-15-7-5-6-8-21(15)9-10-22-16(24)18(3,4)19-17(22)25/h11,15H,5-10,12H2,1-4H3,(H,19,25). The molecule has 1 unspecified atom stereocenters. The number of aryl methyl sites for hydroxylation is 2. The highest BCUT2D eigenvalue weighted by molar-refractivity contribution is 6.06. The average molecular weight is 347 g/mol. The zero-order chi connectivity index (χ0) is 18.2. The Morgan fingerprint density at radius 1 is 1.24 bits per heavy atom. The van der Waals surface area contributed by atoms with Gasteiger partial charge in [-0.2, -0.15) is 5.10 Å². The molecule has 1 N–H and O–H groups in total. The van der Waals surface area contributed by atoms with E-state index in [-0.39, 0.29) is 11.9 Å². The largest absolute Gasteiger partial charge is 0.325 e.